The SMILES string of the molecule is CC(C)c1ncc(-c2cc(C(=O)O)no2)s1. The van der Waals surface area contributed by atoms with Crippen molar-refractivity contribution in [2.45, 2.75) is 19.8 Å². The lowest BCUT2D eigenvalue weighted by atomic mass is 10.2. The molecule has 6 heteroatoms. The molecule has 0 aliphatic rings. The highest BCUT2D eigenvalue weighted by molar-refractivity contribution is 7.15. The average Bonchev–Trinajstić information content (AvgIpc) is 2.86. The van der Waals surface area contributed by atoms with Gasteiger partial charge in [-0.1, -0.05) is 19.0 Å². The van der Waals surface area contributed by atoms with E-state index in [2.05, 4.69) is 10.1 Å². The first-order valence-electron chi connectivity index (χ1n) is 4.74. The largest absolute Gasteiger partial charge is 0.476 e. The minimum atomic E-state index is -1.09. The van der Waals surface area contributed by atoms with Crippen LogP contribution in [-0.2, 0) is 0 Å². The smallest absolute Gasteiger partial charge is 0.358 e. The van der Waals surface area contributed by atoms with E-state index < -0.39 is 5.97 Å². The van der Waals surface area contributed by atoms with Crippen LogP contribution in [0.1, 0.15) is 35.3 Å². The van der Waals surface area contributed by atoms with Gasteiger partial charge in [-0.25, -0.2) is 9.78 Å². The van der Waals surface area contributed by atoms with Gasteiger partial charge in [0.1, 0.15) is 0 Å². The standard InChI is InChI=1S/C10H10N2O3S/c1-5(2)9-11-4-8(16-9)7-3-6(10(13)14)12-15-7/h3-5H,1-2H3,(H,13,14). The van der Waals surface area contributed by atoms with Gasteiger partial charge in [0, 0.05) is 18.2 Å². The molecule has 0 amide bonds. The van der Waals surface area contributed by atoms with Gasteiger partial charge in [-0.15, -0.1) is 11.3 Å². The summed E-state index contributed by atoms with van der Waals surface area (Å²) in [4.78, 5) is 15.6. The Morgan fingerprint density at radius 2 is 2.31 bits per heavy atom. The predicted octanol–water partition coefficient (Wildman–Crippen LogP) is 2.62. The molecule has 0 saturated heterocycles. The number of aromatic nitrogens is 2. The minimum Gasteiger partial charge on any atom is -0.476 e. The van der Waals surface area contributed by atoms with Crippen LogP contribution in [0.5, 0.6) is 0 Å². The number of aromatic carboxylic acids is 1. The molecule has 2 aromatic heterocycles. The van der Waals surface area contributed by atoms with Crippen LogP contribution < -0.4 is 0 Å². The Labute approximate surface area is 95.7 Å². The second-order valence-corrected chi connectivity index (χ2v) is 4.66. The predicted molar refractivity (Wildman–Crippen MR) is 58.7 cm³/mol. The zero-order valence-corrected chi connectivity index (χ0v) is 9.61. The van der Waals surface area contributed by atoms with Crippen LogP contribution >= 0.6 is 11.3 Å². The lowest BCUT2D eigenvalue weighted by Crippen LogP contribution is -1.94. The van der Waals surface area contributed by atoms with Gasteiger partial charge in [0.05, 0.1) is 9.88 Å². The zero-order valence-electron chi connectivity index (χ0n) is 8.80. The maximum Gasteiger partial charge on any atom is 0.358 e. The summed E-state index contributed by atoms with van der Waals surface area (Å²) in [6, 6.07) is 1.40. The molecular formula is C10H10N2O3S. The fourth-order valence-corrected chi connectivity index (χ4v) is 2.03. The molecule has 0 bridgehead atoms. The number of hydrogen-bond donors (Lipinski definition) is 1. The van der Waals surface area contributed by atoms with E-state index in [1.807, 2.05) is 13.8 Å². The van der Waals surface area contributed by atoms with Gasteiger partial charge in [0.2, 0.25) is 0 Å². The van der Waals surface area contributed by atoms with Gasteiger partial charge in [-0.2, -0.15) is 0 Å². The number of carboxylic acid groups (broad SMARTS) is 1. The van der Waals surface area contributed by atoms with Crippen molar-refractivity contribution in [3.05, 3.63) is 23.0 Å². The molecule has 0 radical (unpaired) electrons. The highest BCUT2D eigenvalue weighted by atomic mass is 32.1. The van der Waals surface area contributed by atoms with Gasteiger partial charge < -0.3 is 9.63 Å². The first kappa shape index (κ1) is 10.8. The summed E-state index contributed by atoms with van der Waals surface area (Å²) in [5.41, 5.74) is -0.0884. The monoisotopic (exact) mass is 238 g/mol. The fourth-order valence-electron chi connectivity index (χ4n) is 1.16. The molecule has 5 nitrogen and oxygen atoms in total. The van der Waals surface area contributed by atoms with Crippen molar-refractivity contribution in [1.82, 2.24) is 10.1 Å². The Bertz CT molecular complexity index is 516. The van der Waals surface area contributed by atoms with Gasteiger partial charge in [0.25, 0.3) is 0 Å². The van der Waals surface area contributed by atoms with Gasteiger partial charge in [-0.3, -0.25) is 0 Å². The Balaban J connectivity index is 2.31. The quantitative estimate of drug-likeness (QED) is 0.889. The number of rotatable bonds is 3. The van der Waals surface area contributed by atoms with Crippen molar-refractivity contribution >= 4 is 17.3 Å². The van der Waals surface area contributed by atoms with Gasteiger partial charge in [-0.05, 0) is 0 Å². The molecule has 0 fully saturated rings. The Hall–Kier alpha value is -1.69. The zero-order chi connectivity index (χ0) is 11.7. The molecule has 0 atom stereocenters. The summed E-state index contributed by atoms with van der Waals surface area (Å²) in [7, 11) is 0. The third-order valence-corrected chi connectivity index (χ3v) is 3.30. The van der Waals surface area contributed by atoms with Crippen molar-refractivity contribution in [3.63, 3.8) is 0 Å². The summed E-state index contributed by atoms with van der Waals surface area (Å²) in [5, 5.41) is 13.1. The molecule has 2 heterocycles. The van der Waals surface area contributed by atoms with E-state index in [1.165, 1.54) is 17.4 Å². The van der Waals surface area contributed by atoms with Crippen molar-refractivity contribution in [2.75, 3.05) is 0 Å². The maximum absolute atomic E-state index is 10.6. The number of thiazole rings is 1. The van der Waals surface area contributed by atoms with Crippen LogP contribution in [0.3, 0.4) is 0 Å². The third kappa shape index (κ3) is 1.96. The molecule has 2 aromatic rings. The second kappa shape index (κ2) is 4.05. The highest BCUT2D eigenvalue weighted by Crippen LogP contribution is 2.29. The lowest BCUT2D eigenvalue weighted by molar-refractivity contribution is 0.0686. The molecule has 84 valence electrons. The molecule has 0 unspecified atom stereocenters. The minimum absolute atomic E-state index is 0.0884. The van der Waals surface area contributed by atoms with Crippen molar-refractivity contribution in [3.8, 4) is 10.6 Å². The fraction of sp³-hybridized carbons (Fsp3) is 0.300. The summed E-state index contributed by atoms with van der Waals surface area (Å²) < 4.78 is 4.94. The van der Waals surface area contributed by atoms with Crippen LogP contribution in [0, 0.1) is 0 Å². The number of nitrogens with zero attached hydrogens (tertiary/aromatic N) is 2. The molecule has 0 aliphatic carbocycles. The van der Waals surface area contributed by atoms with Crippen LogP contribution in [0.15, 0.2) is 16.8 Å². The van der Waals surface area contributed by atoms with Crippen LogP contribution in [0.2, 0.25) is 0 Å². The van der Waals surface area contributed by atoms with E-state index in [4.69, 9.17) is 9.63 Å². The Morgan fingerprint density at radius 3 is 2.81 bits per heavy atom. The average molecular weight is 238 g/mol. The Kier molecular flexibility index (Phi) is 2.74. The summed E-state index contributed by atoms with van der Waals surface area (Å²) >= 11 is 1.48. The van der Waals surface area contributed by atoms with E-state index in [-0.39, 0.29) is 5.69 Å². The number of hydrogen-bond acceptors (Lipinski definition) is 5. The highest BCUT2D eigenvalue weighted by Gasteiger charge is 2.15. The van der Waals surface area contributed by atoms with E-state index in [0.29, 0.717) is 11.7 Å². The number of carboxylic acids is 1. The van der Waals surface area contributed by atoms with Crippen molar-refractivity contribution in [2.24, 2.45) is 0 Å². The summed E-state index contributed by atoms with van der Waals surface area (Å²) in [5.74, 6) is -0.300. The molecule has 0 aliphatic heterocycles. The van der Waals surface area contributed by atoms with Crippen LogP contribution in [-0.4, -0.2) is 21.2 Å². The van der Waals surface area contributed by atoms with E-state index in [9.17, 15) is 4.79 Å². The van der Waals surface area contributed by atoms with E-state index in [1.54, 1.807) is 6.20 Å². The summed E-state index contributed by atoms with van der Waals surface area (Å²) in [6.45, 7) is 4.09. The number of carbonyl (C=O) groups is 1. The molecule has 16 heavy (non-hydrogen) atoms. The van der Waals surface area contributed by atoms with Crippen molar-refractivity contribution in [1.29, 1.82) is 0 Å². The van der Waals surface area contributed by atoms with E-state index in [0.717, 1.165) is 9.88 Å². The first-order valence-corrected chi connectivity index (χ1v) is 5.55. The summed E-state index contributed by atoms with van der Waals surface area (Å²) in [6.07, 6.45) is 1.67. The second-order valence-electron chi connectivity index (χ2n) is 3.60. The lowest BCUT2D eigenvalue weighted by Gasteiger charge is -1.94. The van der Waals surface area contributed by atoms with Gasteiger partial charge >= 0.3 is 5.97 Å². The third-order valence-electron chi connectivity index (χ3n) is 1.99. The van der Waals surface area contributed by atoms with Crippen LogP contribution in [0.4, 0.5) is 0 Å². The Morgan fingerprint density at radius 1 is 1.56 bits per heavy atom. The van der Waals surface area contributed by atoms with E-state index >= 15 is 0 Å². The molecule has 1 N–H and O–H groups in total. The molecular weight excluding hydrogens is 228 g/mol. The molecule has 2 rings (SSSR count). The van der Waals surface area contributed by atoms with Crippen LogP contribution in [0.25, 0.3) is 10.6 Å². The van der Waals surface area contributed by atoms with Gasteiger partial charge in [0.15, 0.2) is 11.5 Å². The normalized spacial score (nSPS) is 10.9. The molecule has 0 aromatic carbocycles. The topological polar surface area (TPSA) is 76.2 Å². The molecule has 0 spiro atoms. The molecule has 0 saturated carbocycles. The first-order chi connectivity index (χ1) is 7.58. The maximum atomic E-state index is 10.6. The van der Waals surface area contributed by atoms with Crippen molar-refractivity contribution < 1.29 is 14.4 Å².